The molecule has 10 heteroatoms. The third-order valence-electron chi connectivity index (χ3n) is 10.0. The summed E-state index contributed by atoms with van der Waals surface area (Å²) in [5.74, 6) is 0.921. The van der Waals surface area contributed by atoms with Crippen LogP contribution in [0.1, 0.15) is 65.2 Å². The highest BCUT2D eigenvalue weighted by Gasteiger charge is 2.51. The van der Waals surface area contributed by atoms with E-state index >= 15 is 0 Å². The molecular weight excluding hydrogens is 570 g/mol. The number of carbonyl (C=O) groups excluding carboxylic acids is 4. The summed E-state index contributed by atoms with van der Waals surface area (Å²) in [6.45, 7) is 5.24. The standard InChI is InChI=1S/C35H39N5O5/c1-34(15-16-34)32(43)39-19-3-5-26(39)29(41)37-24-11-7-22(8-12-24)28-21-36-31(45-28)23-9-13-25(14-10-23)38-30(42)27-6-4-20-40(27)33(44)35(2)17-18-35/h7-14,21,26-27H,3-6,15-20H2,1-2H3,(H,37,41)(H,38,42)/t26-,27-/m0/s1. The van der Waals surface area contributed by atoms with E-state index in [9.17, 15) is 19.2 Å². The van der Waals surface area contributed by atoms with Crippen LogP contribution in [0.4, 0.5) is 11.4 Å². The van der Waals surface area contributed by atoms with Crippen molar-refractivity contribution in [1.29, 1.82) is 0 Å². The highest BCUT2D eigenvalue weighted by molar-refractivity contribution is 5.99. The Hall–Kier alpha value is -4.47. The molecule has 3 heterocycles. The molecule has 2 N–H and O–H groups in total. The number of nitrogens with one attached hydrogen (secondary N) is 2. The lowest BCUT2D eigenvalue weighted by molar-refractivity contribution is -0.141. The number of nitrogens with zero attached hydrogens (tertiary/aromatic N) is 3. The molecule has 7 rings (SSSR count). The first-order valence-electron chi connectivity index (χ1n) is 16.0. The molecule has 2 aliphatic carbocycles. The first-order chi connectivity index (χ1) is 21.6. The predicted molar refractivity (Wildman–Crippen MR) is 169 cm³/mol. The van der Waals surface area contributed by atoms with Gasteiger partial charge in [-0.15, -0.1) is 0 Å². The topological polar surface area (TPSA) is 125 Å². The Balaban J connectivity index is 0.953. The number of amides is 4. The largest absolute Gasteiger partial charge is 0.436 e. The van der Waals surface area contributed by atoms with Crippen molar-refractivity contribution in [3.05, 3.63) is 54.7 Å². The molecule has 3 aromatic rings. The van der Waals surface area contributed by atoms with Gasteiger partial charge in [-0.3, -0.25) is 19.2 Å². The minimum Gasteiger partial charge on any atom is -0.436 e. The average molecular weight is 610 g/mol. The smallest absolute Gasteiger partial charge is 0.247 e. The Morgan fingerprint density at radius 3 is 1.60 bits per heavy atom. The molecule has 4 fully saturated rings. The Bertz CT molecular complexity index is 1520. The van der Waals surface area contributed by atoms with E-state index in [1.165, 1.54) is 0 Å². The number of aromatic nitrogens is 1. The van der Waals surface area contributed by atoms with Crippen LogP contribution in [0, 0.1) is 10.8 Å². The van der Waals surface area contributed by atoms with E-state index in [4.69, 9.17) is 4.42 Å². The van der Waals surface area contributed by atoms with Crippen LogP contribution < -0.4 is 10.6 Å². The normalized spacial score (nSPS) is 22.6. The molecule has 4 amide bonds. The summed E-state index contributed by atoms with van der Waals surface area (Å²) >= 11 is 0. The van der Waals surface area contributed by atoms with Crippen molar-refractivity contribution in [2.75, 3.05) is 23.7 Å². The van der Waals surface area contributed by atoms with Crippen LogP contribution >= 0.6 is 0 Å². The third kappa shape index (κ3) is 5.74. The molecule has 0 spiro atoms. The highest BCUT2D eigenvalue weighted by Crippen LogP contribution is 2.48. The number of rotatable bonds is 8. The van der Waals surface area contributed by atoms with Gasteiger partial charge in [0.1, 0.15) is 12.1 Å². The molecule has 10 nitrogen and oxygen atoms in total. The lowest BCUT2D eigenvalue weighted by atomic mass is 10.1. The van der Waals surface area contributed by atoms with Gasteiger partial charge in [-0.05, 0) is 99.9 Å². The zero-order valence-corrected chi connectivity index (χ0v) is 25.8. The number of hydrogen-bond donors (Lipinski definition) is 2. The van der Waals surface area contributed by atoms with Crippen molar-refractivity contribution in [2.45, 2.75) is 77.3 Å². The molecule has 4 aliphatic rings. The number of oxazole rings is 1. The Morgan fingerprint density at radius 1 is 0.711 bits per heavy atom. The zero-order valence-electron chi connectivity index (χ0n) is 25.8. The first kappa shape index (κ1) is 29.3. The van der Waals surface area contributed by atoms with Crippen molar-refractivity contribution in [1.82, 2.24) is 14.8 Å². The van der Waals surface area contributed by atoms with Gasteiger partial charge in [-0.25, -0.2) is 4.98 Å². The van der Waals surface area contributed by atoms with Gasteiger partial charge in [0.15, 0.2) is 5.76 Å². The summed E-state index contributed by atoms with van der Waals surface area (Å²) in [7, 11) is 0. The lowest BCUT2D eigenvalue weighted by Gasteiger charge is -2.26. The number of benzene rings is 2. The molecule has 2 saturated carbocycles. The van der Waals surface area contributed by atoms with Crippen molar-refractivity contribution in [3.63, 3.8) is 0 Å². The van der Waals surface area contributed by atoms with Crippen LogP contribution in [0.3, 0.4) is 0 Å². The SMILES string of the molecule is CC1(C(=O)N2CCC[C@H]2C(=O)Nc2ccc(-c3cnc(-c4ccc(NC(=O)[C@@H]5CCCN5C(=O)C5(C)CC5)cc4)o3)cc2)CC1. The van der Waals surface area contributed by atoms with E-state index in [1.807, 2.05) is 62.4 Å². The van der Waals surface area contributed by atoms with Gasteiger partial charge in [-0.2, -0.15) is 0 Å². The molecule has 0 unspecified atom stereocenters. The number of likely N-dealkylation sites (tertiary alicyclic amines) is 2. The number of hydrogen-bond acceptors (Lipinski definition) is 6. The minimum absolute atomic E-state index is 0.0985. The van der Waals surface area contributed by atoms with Crippen LogP contribution in [0.25, 0.3) is 22.8 Å². The van der Waals surface area contributed by atoms with Gasteiger partial charge in [-0.1, -0.05) is 13.8 Å². The minimum atomic E-state index is -0.430. The van der Waals surface area contributed by atoms with Gasteiger partial charge in [0.2, 0.25) is 29.5 Å². The summed E-state index contributed by atoms with van der Waals surface area (Å²) in [6.07, 6.45) is 8.28. The van der Waals surface area contributed by atoms with Crippen LogP contribution in [-0.4, -0.2) is 63.6 Å². The summed E-state index contributed by atoms with van der Waals surface area (Å²) < 4.78 is 6.04. The van der Waals surface area contributed by atoms with Crippen LogP contribution in [0.5, 0.6) is 0 Å². The van der Waals surface area contributed by atoms with E-state index in [-0.39, 0.29) is 34.5 Å². The maximum atomic E-state index is 13.0. The summed E-state index contributed by atoms with van der Waals surface area (Å²) in [5.41, 5.74) is 2.31. The lowest BCUT2D eigenvalue weighted by Crippen LogP contribution is -2.45. The number of anilines is 2. The third-order valence-corrected chi connectivity index (χ3v) is 10.0. The van der Waals surface area contributed by atoms with Gasteiger partial charge < -0.3 is 24.9 Å². The monoisotopic (exact) mass is 609 g/mol. The molecule has 0 radical (unpaired) electrons. The van der Waals surface area contributed by atoms with E-state index in [0.29, 0.717) is 49.0 Å². The van der Waals surface area contributed by atoms with Crippen LogP contribution in [-0.2, 0) is 19.2 Å². The molecule has 234 valence electrons. The van der Waals surface area contributed by atoms with Crippen molar-refractivity contribution < 1.29 is 23.6 Å². The summed E-state index contributed by atoms with van der Waals surface area (Å²) in [4.78, 5) is 59.8. The maximum absolute atomic E-state index is 13.0. The van der Waals surface area contributed by atoms with E-state index in [0.717, 1.165) is 49.7 Å². The van der Waals surface area contributed by atoms with Crippen LogP contribution in [0.15, 0.2) is 59.1 Å². The molecule has 45 heavy (non-hydrogen) atoms. The second-order valence-corrected chi connectivity index (χ2v) is 13.6. The van der Waals surface area contributed by atoms with Crippen LogP contribution in [0.2, 0.25) is 0 Å². The van der Waals surface area contributed by atoms with Gasteiger partial charge in [0, 0.05) is 46.4 Å². The molecule has 1 aromatic heterocycles. The maximum Gasteiger partial charge on any atom is 0.247 e. The Morgan fingerprint density at radius 2 is 1.16 bits per heavy atom. The molecule has 2 aliphatic heterocycles. The van der Waals surface area contributed by atoms with Crippen molar-refractivity contribution in [3.8, 4) is 22.8 Å². The summed E-state index contributed by atoms with van der Waals surface area (Å²) in [5, 5.41) is 5.95. The molecule has 0 bridgehead atoms. The fourth-order valence-corrected chi connectivity index (χ4v) is 6.47. The Labute approximate surface area is 262 Å². The quantitative estimate of drug-likeness (QED) is 0.349. The van der Waals surface area contributed by atoms with Gasteiger partial charge in [0.05, 0.1) is 6.20 Å². The van der Waals surface area contributed by atoms with Crippen molar-refractivity contribution in [2.24, 2.45) is 10.8 Å². The summed E-state index contributed by atoms with van der Waals surface area (Å²) in [6, 6.07) is 13.8. The predicted octanol–water partition coefficient (Wildman–Crippen LogP) is 5.47. The second kappa shape index (κ2) is 11.2. The van der Waals surface area contributed by atoms with E-state index in [2.05, 4.69) is 15.6 Å². The van der Waals surface area contributed by atoms with E-state index in [1.54, 1.807) is 16.0 Å². The van der Waals surface area contributed by atoms with Gasteiger partial charge in [0.25, 0.3) is 0 Å². The molecule has 2 atom stereocenters. The zero-order chi connectivity index (χ0) is 31.3. The highest BCUT2D eigenvalue weighted by atomic mass is 16.4. The molecule has 2 saturated heterocycles. The van der Waals surface area contributed by atoms with E-state index < -0.39 is 12.1 Å². The fourth-order valence-electron chi connectivity index (χ4n) is 6.47. The van der Waals surface area contributed by atoms with Gasteiger partial charge >= 0.3 is 0 Å². The van der Waals surface area contributed by atoms with Crippen molar-refractivity contribution >= 4 is 35.0 Å². The first-order valence-corrected chi connectivity index (χ1v) is 16.0. The second-order valence-electron chi connectivity index (χ2n) is 13.6. The average Bonchev–Trinajstić information content (AvgIpc) is 3.68. The fraction of sp³-hybridized carbons (Fsp3) is 0.457. The number of carbonyl (C=O) groups is 4. The molecule has 2 aromatic carbocycles. The Kier molecular flexibility index (Phi) is 7.25. The molecular formula is C35H39N5O5.